The molecule has 0 saturated carbocycles. The van der Waals surface area contributed by atoms with Crippen LogP contribution in [0.4, 0.5) is 0 Å². The smallest absolute Gasteiger partial charge is 0.220 e. The molecule has 0 heterocycles. The number of hydrogen-bond donors (Lipinski definition) is 3. The summed E-state index contributed by atoms with van der Waals surface area (Å²) in [5, 5.41) is 23.1. The van der Waals surface area contributed by atoms with Gasteiger partial charge in [0.15, 0.2) is 0 Å². The van der Waals surface area contributed by atoms with Gasteiger partial charge in [0, 0.05) is 6.42 Å². The molecule has 0 fully saturated rings. The highest BCUT2D eigenvalue weighted by Gasteiger charge is 2.18. The summed E-state index contributed by atoms with van der Waals surface area (Å²) >= 11 is 0. The van der Waals surface area contributed by atoms with E-state index in [9.17, 15) is 15.0 Å². The Hall–Kier alpha value is -2.69. The minimum atomic E-state index is -0.846. The van der Waals surface area contributed by atoms with E-state index < -0.39 is 12.1 Å². The highest BCUT2D eigenvalue weighted by atomic mass is 16.3. The van der Waals surface area contributed by atoms with E-state index in [1.165, 1.54) is 154 Å². The van der Waals surface area contributed by atoms with Gasteiger partial charge in [-0.1, -0.05) is 259 Å². The largest absolute Gasteiger partial charge is 0.394 e. The van der Waals surface area contributed by atoms with Crippen LogP contribution in [0, 0.1) is 0 Å². The number of rotatable bonds is 47. The van der Waals surface area contributed by atoms with E-state index in [0.29, 0.717) is 6.42 Å². The predicted octanol–water partition coefficient (Wildman–Crippen LogP) is 17.4. The molecule has 4 nitrogen and oxygen atoms in total. The zero-order valence-electron chi connectivity index (χ0n) is 40.9. The van der Waals surface area contributed by atoms with Crippen LogP contribution in [0.15, 0.2) is 97.2 Å². The summed E-state index contributed by atoms with van der Waals surface area (Å²) in [4.78, 5) is 12.4. The highest BCUT2D eigenvalue weighted by Crippen LogP contribution is 2.15. The van der Waals surface area contributed by atoms with Crippen molar-refractivity contribution in [2.75, 3.05) is 6.61 Å². The number of carbonyl (C=O) groups excluding carboxylic acids is 1. The number of hydrogen-bond acceptors (Lipinski definition) is 3. The van der Waals surface area contributed by atoms with Crippen LogP contribution in [-0.2, 0) is 4.79 Å². The average Bonchev–Trinajstić information content (AvgIpc) is 3.28. The molecule has 4 heteroatoms. The summed E-state index contributed by atoms with van der Waals surface area (Å²) in [6, 6.07) is -0.629. The highest BCUT2D eigenvalue weighted by molar-refractivity contribution is 5.76. The fourth-order valence-electron chi connectivity index (χ4n) is 7.57. The van der Waals surface area contributed by atoms with Crippen LogP contribution in [0.2, 0.25) is 0 Å². The van der Waals surface area contributed by atoms with Gasteiger partial charge in [0.25, 0.3) is 0 Å². The van der Waals surface area contributed by atoms with Gasteiger partial charge in [-0.2, -0.15) is 0 Å². The average molecular weight is 860 g/mol. The monoisotopic (exact) mass is 860 g/mol. The second-order valence-corrected chi connectivity index (χ2v) is 17.6. The Morgan fingerprint density at radius 2 is 0.710 bits per heavy atom. The van der Waals surface area contributed by atoms with Gasteiger partial charge in [-0.25, -0.2) is 0 Å². The normalized spacial score (nSPS) is 13.7. The lowest BCUT2D eigenvalue weighted by molar-refractivity contribution is -0.123. The maximum absolute atomic E-state index is 12.4. The van der Waals surface area contributed by atoms with Crippen molar-refractivity contribution in [3.05, 3.63) is 97.2 Å². The van der Waals surface area contributed by atoms with Crippen LogP contribution in [0.3, 0.4) is 0 Å². The molecule has 0 aliphatic heterocycles. The first-order chi connectivity index (χ1) is 30.7. The molecular weight excluding hydrogens is 759 g/mol. The van der Waals surface area contributed by atoms with Crippen molar-refractivity contribution in [2.24, 2.45) is 0 Å². The van der Waals surface area contributed by atoms with Crippen molar-refractivity contribution >= 4 is 5.91 Å². The number of carbonyl (C=O) groups is 1. The summed E-state index contributed by atoms with van der Waals surface area (Å²) in [6.45, 7) is 4.20. The molecule has 2 atom stereocenters. The van der Waals surface area contributed by atoms with Gasteiger partial charge in [0.05, 0.1) is 18.8 Å². The Morgan fingerprint density at radius 1 is 0.403 bits per heavy atom. The third kappa shape index (κ3) is 48.3. The fraction of sp³-hybridized carbons (Fsp3) is 0.707. The third-order valence-corrected chi connectivity index (χ3v) is 11.6. The summed E-state index contributed by atoms with van der Waals surface area (Å²) in [5.74, 6) is -0.0701. The molecule has 0 bridgehead atoms. The zero-order valence-corrected chi connectivity index (χ0v) is 40.9. The van der Waals surface area contributed by atoms with E-state index in [1.807, 2.05) is 6.08 Å². The SMILES string of the molecule is CC/C=C\C/C=C\C/C=C\C/C=C\C/C=C\C/C=C\C/C=C\CCCCCCCCCCCCCC(=O)NC(CO)C(O)/C=C/CCCCCCCCCCCCCCCCC. The lowest BCUT2D eigenvalue weighted by Gasteiger charge is -2.20. The molecule has 3 N–H and O–H groups in total. The number of allylic oxidation sites excluding steroid dienone is 15. The standard InChI is InChI=1S/C58H101NO3/c1-3-5-7-9-11-13-15-17-19-21-22-23-24-25-26-27-28-29-30-31-32-33-34-35-36-38-40-42-44-46-48-50-52-54-58(62)59-56(55-60)57(61)53-51-49-47-45-43-41-39-37-20-18-16-14-12-10-8-6-4-2/h5,7,11,13,17,19,22-23,25-26,28-29,31-32,51,53,56-57,60-61H,3-4,6,8-10,12,14-16,18,20-21,24,27,30,33-50,52,54-55H2,1-2H3,(H,59,62)/b7-5-,13-11-,19-17-,23-22-,26-25-,29-28-,32-31-,53-51+. The molecular formula is C58H101NO3. The first-order valence-corrected chi connectivity index (χ1v) is 26.5. The van der Waals surface area contributed by atoms with E-state index in [4.69, 9.17) is 0 Å². The van der Waals surface area contributed by atoms with Crippen molar-refractivity contribution in [3.63, 3.8) is 0 Å². The van der Waals surface area contributed by atoms with Crippen LogP contribution in [0.5, 0.6) is 0 Å². The second kappa shape index (κ2) is 52.7. The first kappa shape index (κ1) is 59.3. The van der Waals surface area contributed by atoms with Crippen molar-refractivity contribution in [2.45, 2.75) is 257 Å². The lowest BCUT2D eigenvalue weighted by Crippen LogP contribution is -2.45. The lowest BCUT2D eigenvalue weighted by atomic mass is 10.0. The van der Waals surface area contributed by atoms with E-state index in [-0.39, 0.29) is 12.5 Å². The van der Waals surface area contributed by atoms with Gasteiger partial charge in [-0.05, 0) is 77.0 Å². The molecule has 0 rings (SSSR count). The molecule has 1 amide bonds. The summed E-state index contributed by atoms with van der Waals surface area (Å²) in [7, 11) is 0. The number of amides is 1. The number of unbranched alkanes of at least 4 members (excludes halogenated alkanes) is 26. The summed E-state index contributed by atoms with van der Waals surface area (Å²) < 4.78 is 0. The van der Waals surface area contributed by atoms with Gasteiger partial charge in [0.2, 0.25) is 5.91 Å². The Balaban J connectivity index is 3.58. The van der Waals surface area contributed by atoms with Crippen LogP contribution >= 0.6 is 0 Å². The minimum absolute atomic E-state index is 0.0701. The Bertz CT molecular complexity index is 1160. The summed E-state index contributed by atoms with van der Waals surface area (Å²) in [6.07, 6.45) is 78.3. The van der Waals surface area contributed by atoms with Crippen molar-refractivity contribution in [1.29, 1.82) is 0 Å². The minimum Gasteiger partial charge on any atom is -0.394 e. The van der Waals surface area contributed by atoms with Crippen molar-refractivity contribution in [1.82, 2.24) is 5.32 Å². The molecule has 62 heavy (non-hydrogen) atoms. The first-order valence-electron chi connectivity index (χ1n) is 26.5. The predicted molar refractivity (Wildman–Crippen MR) is 276 cm³/mol. The number of aliphatic hydroxyl groups is 2. The van der Waals surface area contributed by atoms with Crippen molar-refractivity contribution in [3.8, 4) is 0 Å². The number of aliphatic hydroxyl groups excluding tert-OH is 2. The Morgan fingerprint density at radius 3 is 1.06 bits per heavy atom. The van der Waals surface area contributed by atoms with Gasteiger partial charge in [0.1, 0.15) is 0 Å². The van der Waals surface area contributed by atoms with Crippen LogP contribution in [0.1, 0.15) is 245 Å². The van der Waals surface area contributed by atoms with Crippen molar-refractivity contribution < 1.29 is 15.0 Å². The molecule has 2 unspecified atom stereocenters. The van der Waals surface area contributed by atoms with Crippen LogP contribution in [0.25, 0.3) is 0 Å². The molecule has 0 spiro atoms. The molecule has 0 aromatic rings. The van der Waals surface area contributed by atoms with Gasteiger partial charge < -0.3 is 15.5 Å². The molecule has 0 aliphatic rings. The van der Waals surface area contributed by atoms with E-state index >= 15 is 0 Å². The maximum Gasteiger partial charge on any atom is 0.220 e. The fourth-order valence-corrected chi connectivity index (χ4v) is 7.57. The third-order valence-electron chi connectivity index (χ3n) is 11.6. The molecule has 0 aromatic heterocycles. The van der Waals surface area contributed by atoms with E-state index in [1.54, 1.807) is 6.08 Å². The molecule has 0 radical (unpaired) electrons. The zero-order chi connectivity index (χ0) is 44.9. The molecule has 0 aromatic carbocycles. The van der Waals surface area contributed by atoms with E-state index in [2.05, 4.69) is 104 Å². The van der Waals surface area contributed by atoms with Gasteiger partial charge >= 0.3 is 0 Å². The van der Waals surface area contributed by atoms with Crippen LogP contribution in [-0.4, -0.2) is 34.9 Å². The van der Waals surface area contributed by atoms with Gasteiger partial charge in [-0.3, -0.25) is 4.79 Å². The second-order valence-electron chi connectivity index (χ2n) is 17.6. The maximum atomic E-state index is 12.4. The molecule has 0 aliphatic carbocycles. The van der Waals surface area contributed by atoms with Crippen LogP contribution < -0.4 is 5.32 Å². The topological polar surface area (TPSA) is 69.6 Å². The number of nitrogens with one attached hydrogen (secondary N) is 1. The quantitative estimate of drug-likeness (QED) is 0.0422. The van der Waals surface area contributed by atoms with E-state index in [0.717, 1.165) is 70.6 Å². The summed E-state index contributed by atoms with van der Waals surface area (Å²) in [5.41, 5.74) is 0. The molecule has 356 valence electrons. The Kier molecular flexibility index (Phi) is 50.4. The molecule has 0 saturated heterocycles. The Labute approximate surface area is 385 Å². The van der Waals surface area contributed by atoms with Gasteiger partial charge in [-0.15, -0.1) is 0 Å².